The van der Waals surface area contributed by atoms with E-state index in [-0.39, 0.29) is 29.0 Å². The number of nitro groups is 1. The van der Waals surface area contributed by atoms with E-state index >= 15 is 0 Å². The van der Waals surface area contributed by atoms with Crippen molar-refractivity contribution in [2.24, 2.45) is 0 Å². The predicted octanol–water partition coefficient (Wildman–Crippen LogP) is 4.68. The maximum atomic E-state index is 13.0. The molecular weight excluding hydrogens is 485 g/mol. The second kappa shape index (κ2) is 8.43. The Hall–Kier alpha value is -4.39. The molecule has 0 unspecified atom stereocenters. The fourth-order valence-corrected chi connectivity index (χ4v) is 4.34. The number of para-hydroxylation sites is 2. The molecule has 0 amide bonds. The fourth-order valence-electron chi connectivity index (χ4n) is 3.52. The van der Waals surface area contributed by atoms with Crippen LogP contribution >= 0.6 is 11.3 Å². The Morgan fingerprint density at radius 3 is 2.54 bits per heavy atom. The van der Waals surface area contributed by atoms with Crippen LogP contribution in [0, 0.1) is 10.1 Å². The van der Waals surface area contributed by atoms with Crippen molar-refractivity contribution in [2.45, 2.75) is 12.7 Å². The van der Waals surface area contributed by atoms with E-state index in [2.05, 4.69) is 15.1 Å². The Kier molecular flexibility index (Phi) is 5.40. The first-order valence-electron chi connectivity index (χ1n) is 10.0. The fraction of sp³-hybridized carbons (Fsp3) is 0.0909. The molecule has 9 nitrogen and oxygen atoms in total. The van der Waals surface area contributed by atoms with Crippen molar-refractivity contribution in [3.63, 3.8) is 0 Å². The van der Waals surface area contributed by atoms with Gasteiger partial charge in [0.15, 0.2) is 5.65 Å². The second-order valence-electron chi connectivity index (χ2n) is 7.44. The highest BCUT2D eigenvalue weighted by Gasteiger charge is 2.30. The zero-order valence-electron chi connectivity index (χ0n) is 17.5. The Bertz CT molecular complexity index is 1620. The summed E-state index contributed by atoms with van der Waals surface area (Å²) in [4.78, 5) is 32.5. The first kappa shape index (κ1) is 22.4. The zero-order valence-corrected chi connectivity index (χ0v) is 18.3. The molecule has 0 aliphatic heterocycles. The van der Waals surface area contributed by atoms with E-state index in [1.54, 1.807) is 11.4 Å². The third kappa shape index (κ3) is 4.17. The first-order valence-corrected chi connectivity index (χ1v) is 10.9. The summed E-state index contributed by atoms with van der Waals surface area (Å²) in [6.07, 6.45) is -1.82. The maximum absolute atomic E-state index is 13.0. The number of nitro benzene ring substituents is 1. The number of rotatable bonds is 5. The van der Waals surface area contributed by atoms with E-state index in [0.29, 0.717) is 16.3 Å². The summed E-state index contributed by atoms with van der Waals surface area (Å²) < 4.78 is 40.9. The number of hydrogen-bond donors (Lipinski definition) is 0. The molecular formula is C22H13F3N6O3S. The van der Waals surface area contributed by atoms with Crippen molar-refractivity contribution in [2.75, 3.05) is 0 Å². The lowest BCUT2D eigenvalue weighted by Crippen LogP contribution is -2.21. The Morgan fingerprint density at radius 2 is 1.83 bits per heavy atom. The molecule has 0 aliphatic carbocycles. The van der Waals surface area contributed by atoms with Crippen LogP contribution in [-0.2, 0) is 12.7 Å². The summed E-state index contributed by atoms with van der Waals surface area (Å²) in [6.45, 7) is 0.0789. The van der Waals surface area contributed by atoms with Crippen LogP contribution < -0.4 is 5.56 Å². The summed E-state index contributed by atoms with van der Waals surface area (Å²) in [5.41, 5.74) is 0.0678. The maximum Gasteiger partial charge on any atom is 0.416 e. The highest BCUT2D eigenvalue weighted by atomic mass is 32.1. The van der Waals surface area contributed by atoms with Gasteiger partial charge in [-0.25, -0.2) is 14.6 Å². The van der Waals surface area contributed by atoms with Crippen LogP contribution in [-0.4, -0.2) is 29.2 Å². The van der Waals surface area contributed by atoms with Gasteiger partial charge in [-0.05, 0) is 18.2 Å². The lowest BCUT2D eigenvalue weighted by molar-refractivity contribution is -0.384. The van der Waals surface area contributed by atoms with Gasteiger partial charge < -0.3 is 0 Å². The molecule has 3 heterocycles. The minimum Gasteiger partial charge on any atom is -0.292 e. The standard InChI is InChI=1S/C22H13F3N6O3S/c23-22(24,25)14-7-5-13(6-8-14)20-28-15(11-35-20)10-29-12-26-19-16(21(29)32)9-27-30(19)17-3-1-2-4-18(17)31(33)34/h1-9,11-12H,10H2. The summed E-state index contributed by atoms with van der Waals surface area (Å²) in [7, 11) is 0. The van der Waals surface area contributed by atoms with Crippen molar-refractivity contribution in [3.8, 4) is 16.3 Å². The van der Waals surface area contributed by atoms with Crippen LogP contribution in [0.25, 0.3) is 27.3 Å². The van der Waals surface area contributed by atoms with Gasteiger partial charge in [-0.3, -0.25) is 19.5 Å². The largest absolute Gasteiger partial charge is 0.416 e. The third-order valence-electron chi connectivity index (χ3n) is 5.20. The monoisotopic (exact) mass is 498 g/mol. The lowest BCUT2D eigenvalue weighted by atomic mass is 10.1. The zero-order chi connectivity index (χ0) is 24.7. The van der Waals surface area contributed by atoms with Gasteiger partial charge in [-0.2, -0.15) is 18.3 Å². The van der Waals surface area contributed by atoms with Gasteiger partial charge in [0.25, 0.3) is 11.2 Å². The van der Waals surface area contributed by atoms with Crippen molar-refractivity contribution in [3.05, 3.63) is 98.2 Å². The number of fused-ring (bicyclic) bond motifs is 1. The SMILES string of the molecule is O=c1c2cnn(-c3ccccc3[N+](=O)[O-])c2ncn1Cc1csc(-c2ccc(C(F)(F)F)cc2)n1. The molecule has 13 heteroatoms. The van der Waals surface area contributed by atoms with Crippen LogP contribution in [0.4, 0.5) is 18.9 Å². The Labute approximate surface area is 197 Å². The second-order valence-corrected chi connectivity index (χ2v) is 8.29. The number of aromatic nitrogens is 5. The average molecular weight is 498 g/mol. The van der Waals surface area contributed by atoms with E-state index in [1.165, 1.54) is 63.4 Å². The number of thiazole rings is 1. The van der Waals surface area contributed by atoms with Crippen LogP contribution in [0.5, 0.6) is 0 Å². The van der Waals surface area contributed by atoms with Crippen molar-refractivity contribution < 1.29 is 18.1 Å². The molecule has 0 aliphatic rings. The third-order valence-corrected chi connectivity index (χ3v) is 6.14. The van der Waals surface area contributed by atoms with Gasteiger partial charge in [-0.15, -0.1) is 11.3 Å². The first-order chi connectivity index (χ1) is 16.7. The highest BCUT2D eigenvalue weighted by molar-refractivity contribution is 7.13. The quantitative estimate of drug-likeness (QED) is 0.257. The molecule has 0 fully saturated rings. The normalized spacial score (nSPS) is 11.7. The molecule has 35 heavy (non-hydrogen) atoms. The Balaban J connectivity index is 1.44. The Morgan fingerprint density at radius 1 is 1.09 bits per heavy atom. The van der Waals surface area contributed by atoms with E-state index in [0.717, 1.165) is 12.1 Å². The molecule has 0 N–H and O–H groups in total. The van der Waals surface area contributed by atoms with Crippen molar-refractivity contribution in [1.29, 1.82) is 0 Å². The number of benzene rings is 2. The van der Waals surface area contributed by atoms with Gasteiger partial charge in [0.05, 0.1) is 28.9 Å². The molecule has 0 saturated heterocycles. The molecule has 5 rings (SSSR count). The van der Waals surface area contributed by atoms with E-state index in [1.807, 2.05) is 0 Å². The van der Waals surface area contributed by atoms with Gasteiger partial charge in [0, 0.05) is 17.0 Å². The summed E-state index contributed by atoms with van der Waals surface area (Å²) in [5, 5.41) is 17.9. The minimum atomic E-state index is -4.42. The molecule has 0 spiro atoms. The number of halogens is 3. The van der Waals surface area contributed by atoms with Crippen molar-refractivity contribution >= 4 is 28.1 Å². The van der Waals surface area contributed by atoms with Crippen LogP contribution in [0.15, 0.2) is 71.2 Å². The summed E-state index contributed by atoms with van der Waals surface area (Å²) in [5.74, 6) is 0. The van der Waals surface area contributed by atoms with Crippen LogP contribution in [0.3, 0.4) is 0 Å². The summed E-state index contributed by atoms with van der Waals surface area (Å²) in [6, 6.07) is 10.7. The number of hydrogen-bond acceptors (Lipinski definition) is 7. The number of alkyl halides is 3. The molecule has 176 valence electrons. The summed E-state index contributed by atoms with van der Waals surface area (Å²) >= 11 is 1.24. The minimum absolute atomic E-state index is 0.0789. The molecule has 0 atom stereocenters. The lowest BCUT2D eigenvalue weighted by Gasteiger charge is -2.06. The molecule has 0 bridgehead atoms. The highest BCUT2D eigenvalue weighted by Crippen LogP contribution is 2.32. The van der Waals surface area contributed by atoms with Crippen LogP contribution in [0.2, 0.25) is 0 Å². The molecule has 2 aromatic carbocycles. The van der Waals surface area contributed by atoms with Crippen molar-refractivity contribution in [1.82, 2.24) is 24.3 Å². The smallest absolute Gasteiger partial charge is 0.292 e. The molecule has 0 saturated carbocycles. The predicted molar refractivity (Wildman–Crippen MR) is 121 cm³/mol. The number of nitrogens with zero attached hydrogens (tertiary/aromatic N) is 6. The van der Waals surface area contributed by atoms with Gasteiger partial charge in [-0.1, -0.05) is 24.3 Å². The van der Waals surface area contributed by atoms with Gasteiger partial charge in [0.2, 0.25) is 0 Å². The van der Waals surface area contributed by atoms with Gasteiger partial charge in [0.1, 0.15) is 22.4 Å². The average Bonchev–Trinajstić information content (AvgIpc) is 3.48. The van der Waals surface area contributed by atoms with E-state index in [4.69, 9.17) is 0 Å². The van der Waals surface area contributed by atoms with E-state index in [9.17, 15) is 28.1 Å². The molecule has 3 aromatic heterocycles. The van der Waals surface area contributed by atoms with E-state index < -0.39 is 22.2 Å². The van der Waals surface area contributed by atoms with Crippen LogP contribution in [0.1, 0.15) is 11.3 Å². The molecule has 0 radical (unpaired) electrons. The topological polar surface area (TPSA) is 109 Å². The van der Waals surface area contributed by atoms with Gasteiger partial charge >= 0.3 is 6.18 Å². The molecule has 5 aromatic rings.